The van der Waals surface area contributed by atoms with Gasteiger partial charge in [-0.2, -0.15) is 0 Å². The van der Waals surface area contributed by atoms with Crippen LogP contribution in [0.15, 0.2) is 146 Å². The fourth-order valence-corrected chi connectivity index (χ4v) is 7.24. The van der Waals surface area contributed by atoms with E-state index in [1.165, 1.54) is 88.0 Å². The first kappa shape index (κ1) is 24.9. The molecule has 0 aliphatic heterocycles. The Balaban J connectivity index is 1.31. The highest BCUT2D eigenvalue weighted by atomic mass is 15.0. The normalized spacial score (nSPS) is 11.9. The molecule has 0 aliphatic carbocycles. The topological polar surface area (TPSA) is 9.86 Å². The van der Waals surface area contributed by atoms with Crippen molar-refractivity contribution in [2.24, 2.45) is 0 Å². The number of rotatable bonds is 3. The van der Waals surface area contributed by atoms with Gasteiger partial charge in [-0.15, -0.1) is 0 Å². The first-order valence-corrected chi connectivity index (χ1v) is 15.3. The van der Waals surface area contributed by atoms with Crippen molar-refractivity contribution in [2.45, 2.75) is 13.8 Å². The van der Waals surface area contributed by atoms with E-state index in [1.807, 2.05) is 0 Å². The van der Waals surface area contributed by atoms with Gasteiger partial charge in [-0.1, -0.05) is 90.5 Å². The fraction of sp³-hybridized carbons (Fsp3) is 0.0476. The molecule has 0 spiro atoms. The van der Waals surface area contributed by atoms with Crippen molar-refractivity contribution in [1.29, 1.82) is 0 Å². The van der Waals surface area contributed by atoms with E-state index in [9.17, 15) is 0 Å². The molecule has 44 heavy (non-hydrogen) atoms. The van der Waals surface area contributed by atoms with Crippen LogP contribution >= 0.6 is 0 Å². The van der Waals surface area contributed by atoms with Crippen LogP contribution in [0.2, 0.25) is 0 Å². The van der Waals surface area contributed by atoms with Gasteiger partial charge in [-0.25, -0.2) is 0 Å². The van der Waals surface area contributed by atoms with E-state index in [1.54, 1.807) is 0 Å². The van der Waals surface area contributed by atoms with E-state index in [2.05, 4.69) is 169 Å². The van der Waals surface area contributed by atoms with Crippen LogP contribution in [0.5, 0.6) is 0 Å². The third-order valence-corrected chi connectivity index (χ3v) is 9.26. The molecule has 2 aromatic heterocycles. The third-order valence-electron chi connectivity index (χ3n) is 9.26. The number of aromatic nitrogens is 2. The number of hydrogen-bond acceptors (Lipinski definition) is 0. The predicted octanol–water partition coefficient (Wildman–Crippen LogP) is 11.3. The third kappa shape index (κ3) is 3.61. The van der Waals surface area contributed by atoms with E-state index in [0.717, 1.165) is 0 Å². The summed E-state index contributed by atoms with van der Waals surface area (Å²) in [5, 5.41) is 7.72. The van der Waals surface area contributed by atoms with Crippen LogP contribution in [-0.4, -0.2) is 9.13 Å². The molecule has 0 bridgehead atoms. The van der Waals surface area contributed by atoms with Crippen LogP contribution in [0.1, 0.15) is 11.1 Å². The average Bonchev–Trinajstić information content (AvgIpc) is 3.57. The molecule has 2 nitrogen and oxygen atoms in total. The van der Waals surface area contributed by atoms with Gasteiger partial charge in [0.25, 0.3) is 0 Å². The molecule has 0 N–H and O–H groups in total. The number of fused-ring (bicyclic) bond motifs is 8. The number of benzene rings is 7. The summed E-state index contributed by atoms with van der Waals surface area (Å²) in [5.74, 6) is 0. The minimum atomic E-state index is 1.18. The standard InChI is InChI=1S/C42H30N2/c1-27-17-22-40-37(23-27)34-20-18-30(26-41(34)43(40)31-11-5-3-6-12-31)29-19-21-35-36(25-29)28(2)24-38-33-15-9-10-16-39(33)44(42(35)38)32-13-7-4-8-14-32/h3-26H,1-2H3. The molecule has 9 rings (SSSR count). The summed E-state index contributed by atoms with van der Waals surface area (Å²) < 4.78 is 4.83. The van der Waals surface area contributed by atoms with Crippen molar-refractivity contribution < 1.29 is 0 Å². The lowest BCUT2D eigenvalue weighted by atomic mass is 9.96. The highest BCUT2D eigenvalue weighted by molar-refractivity contribution is 6.20. The summed E-state index contributed by atoms with van der Waals surface area (Å²) in [6.45, 7) is 4.42. The second-order valence-corrected chi connectivity index (χ2v) is 12.0. The van der Waals surface area contributed by atoms with Crippen molar-refractivity contribution in [3.8, 4) is 22.5 Å². The fourth-order valence-electron chi connectivity index (χ4n) is 7.24. The number of para-hydroxylation sites is 3. The van der Waals surface area contributed by atoms with Crippen molar-refractivity contribution in [2.75, 3.05) is 0 Å². The smallest absolute Gasteiger partial charge is 0.0619 e. The molecule has 2 heterocycles. The SMILES string of the molecule is Cc1ccc2c(c1)c1ccc(-c3ccc4c(c3)c(C)cc3c5ccccc5n(-c5ccccc5)c43)cc1n2-c1ccccc1. The quantitative estimate of drug-likeness (QED) is 0.203. The van der Waals surface area contributed by atoms with E-state index in [-0.39, 0.29) is 0 Å². The minimum absolute atomic E-state index is 1.18. The lowest BCUT2D eigenvalue weighted by Gasteiger charge is -2.13. The Morgan fingerprint density at radius 2 is 0.977 bits per heavy atom. The van der Waals surface area contributed by atoms with Crippen LogP contribution < -0.4 is 0 Å². The van der Waals surface area contributed by atoms with Crippen LogP contribution in [0.4, 0.5) is 0 Å². The van der Waals surface area contributed by atoms with Crippen molar-refractivity contribution in [3.63, 3.8) is 0 Å². The summed E-state index contributed by atoms with van der Waals surface area (Å²) in [6.07, 6.45) is 0. The molecular weight excluding hydrogens is 532 g/mol. The molecule has 0 unspecified atom stereocenters. The second kappa shape index (κ2) is 9.45. The van der Waals surface area contributed by atoms with Crippen molar-refractivity contribution in [1.82, 2.24) is 9.13 Å². The highest BCUT2D eigenvalue weighted by Crippen LogP contribution is 2.40. The van der Waals surface area contributed by atoms with Gasteiger partial charge in [-0.3, -0.25) is 0 Å². The molecule has 9 aromatic rings. The minimum Gasteiger partial charge on any atom is -0.309 e. The molecule has 0 aliphatic rings. The molecule has 208 valence electrons. The molecule has 0 radical (unpaired) electrons. The predicted molar refractivity (Wildman–Crippen MR) is 188 cm³/mol. The monoisotopic (exact) mass is 562 g/mol. The number of nitrogens with zero attached hydrogens (tertiary/aromatic N) is 2. The molecule has 0 amide bonds. The Morgan fingerprint density at radius 1 is 0.364 bits per heavy atom. The van der Waals surface area contributed by atoms with Crippen LogP contribution in [0.3, 0.4) is 0 Å². The van der Waals surface area contributed by atoms with Gasteiger partial charge in [0.15, 0.2) is 0 Å². The summed E-state index contributed by atoms with van der Waals surface area (Å²) in [6, 6.07) is 53.4. The largest absolute Gasteiger partial charge is 0.309 e. The summed E-state index contributed by atoms with van der Waals surface area (Å²) >= 11 is 0. The molecule has 0 saturated heterocycles. The van der Waals surface area contributed by atoms with Gasteiger partial charge < -0.3 is 9.13 Å². The summed E-state index contributed by atoms with van der Waals surface area (Å²) in [4.78, 5) is 0. The molecule has 2 heteroatoms. The van der Waals surface area contributed by atoms with Gasteiger partial charge >= 0.3 is 0 Å². The second-order valence-electron chi connectivity index (χ2n) is 12.0. The highest BCUT2D eigenvalue weighted by Gasteiger charge is 2.18. The van der Waals surface area contributed by atoms with E-state index < -0.39 is 0 Å². The zero-order valence-electron chi connectivity index (χ0n) is 24.8. The zero-order valence-corrected chi connectivity index (χ0v) is 24.8. The molecule has 0 saturated carbocycles. The summed E-state index contributed by atoms with van der Waals surface area (Å²) in [5.41, 5.74) is 12.3. The first-order chi connectivity index (χ1) is 21.7. The van der Waals surface area contributed by atoms with Gasteiger partial charge in [0, 0.05) is 38.3 Å². The van der Waals surface area contributed by atoms with Crippen LogP contribution in [0, 0.1) is 13.8 Å². The van der Waals surface area contributed by atoms with Gasteiger partial charge in [0.05, 0.1) is 22.1 Å². The van der Waals surface area contributed by atoms with Crippen LogP contribution in [0.25, 0.3) is 76.9 Å². The van der Waals surface area contributed by atoms with Crippen molar-refractivity contribution in [3.05, 3.63) is 157 Å². The lowest BCUT2D eigenvalue weighted by Crippen LogP contribution is -1.95. The molecule has 0 atom stereocenters. The Labute approximate surface area is 256 Å². The molecule has 0 fully saturated rings. The maximum absolute atomic E-state index is 2.43. The van der Waals surface area contributed by atoms with Crippen molar-refractivity contribution >= 4 is 54.4 Å². The van der Waals surface area contributed by atoms with E-state index in [0.29, 0.717) is 0 Å². The maximum Gasteiger partial charge on any atom is 0.0619 e. The molecular formula is C42H30N2. The number of aryl methyl sites for hydroxylation is 2. The van der Waals surface area contributed by atoms with Crippen LogP contribution in [-0.2, 0) is 0 Å². The van der Waals surface area contributed by atoms with E-state index in [4.69, 9.17) is 0 Å². The van der Waals surface area contributed by atoms with E-state index >= 15 is 0 Å². The van der Waals surface area contributed by atoms with Gasteiger partial charge in [-0.05, 0) is 96.6 Å². The molecule has 7 aromatic carbocycles. The zero-order chi connectivity index (χ0) is 29.4. The Bertz CT molecular complexity index is 2550. The van der Waals surface area contributed by atoms with Gasteiger partial charge in [0.2, 0.25) is 0 Å². The Hall–Kier alpha value is -5.60. The average molecular weight is 563 g/mol. The lowest BCUT2D eigenvalue weighted by molar-refractivity contribution is 1.18. The first-order valence-electron chi connectivity index (χ1n) is 15.3. The Kier molecular flexibility index (Phi) is 5.36. The van der Waals surface area contributed by atoms with Gasteiger partial charge in [0.1, 0.15) is 0 Å². The maximum atomic E-state index is 2.43. The number of hydrogen-bond donors (Lipinski definition) is 0. The summed E-state index contributed by atoms with van der Waals surface area (Å²) in [7, 11) is 0. The Morgan fingerprint density at radius 3 is 1.75 bits per heavy atom.